The Morgan fingerprint density at radius 2 is 1.94 bits per heavy atom. The normalized spacial score (nSPS) is 16.0. The number of aryl methyl sites for hydroxylation is 1. The van der Waals surface area contributed by atoms with Crippen molar-refractivity contribution in [3.63, 3.8) is 0 Å². The number of carbonyl (C=O) groups excluding carboxylic acids is 2. The summed E-state index contributed by atoms with van der Waals surface area (Å²) in [6.07, 6.45) is 4.28. The fraction of sp³-hybridized carbons (Fsp3) is 0.385. The van der Waals surface area contributed by atoms with E-state index in [-0.39, 0.29) is 30.4 Å². The Labute approximate surface area is 204 Å². The fourth-order valence-electron chi connectivity index (χ4n) is 4.56. The molecule has 0 radical (unpaired) electrons. The number of ether oxygens (including phenoxy) is 2. The van der Waals surface area contributed by atoms with Crippen LogP contribution in [0.5, 0.6) is 5.75 Å². The molecule has 0 spiro atoms. The highest BCUT2D eigenvalue weighted by Crippen LogP contribution is 2.38. The Balaban J connectivity index is 1.40. The van der Waals surface area contributed by atoms with Gasteiger partial charge in [0, 0.05) is 11.9 Å². The van der Waals surface area contributed by atoms with Crippen LogP contribution < -0.4 is 4.74 Å². The third-order valence-corrected chi connectivity index (χ3v) is 6.82. The summed E-state index contributed by atoms with van der Waals surface area (Å²) < 4.78 is 12.6. The first kappa shape index (κ1) is 24.0. The molecular formula is C26H28ClN3O4. The van der Waals surface area contributed by atoms with Crippen molar-refractivity contribution in [3.8, 4) is 11.4 Å². The zero-order chi connectivity index (χ0) is 24.4. The molecule has 2 atom stereocenters. The lowest BCUT2D eigenvalue weighted by Gasteiger charge is -2.31. The van der Waals surface area contributed by atoms with Gasteiger partial charge in [0.25, 0.3) is 0 Å². The highest BCUT2D eigenvalue weighted by atomic mass is 35.5. The van der Waals surface area contributed by atoms with Crippen molar-refractivity contribution in [1.82, 2.24) is 15.0 Å². The van der Waals surface area contributed by atoms with Crippen LogP contribution in [0.1, 0.15) is 48.2 Å². The molecule has 1 aliphatic rings. The fourth-order valence-corrected chi connectivity index (χ4v) is 4.69. The molecule has 1 heterocycles. The zero-order valence-corrected chi connectivity index (χ0v) is 20.6. The van der Waals surface area contributed by atoms with Crippen molar-refractivity contribution in [2.24, 2.45) is 11.8 Å². The van der Waals surface area contributed by atoms with E-state index >= 15 is 0 Å². The molecule has 178 valence electrons. The van der Waals surface area contributed by atoms with Crippen molar-refractivity contribution in [2.45, 2.75) is 53.6 Å². The Morgan fingerprint density at radius 3 is 2.65 bits per heavy atom. The molecule has 0 amide bonds. The molecule has 7 nitrogen and oxygen atoms in total. The van der Waals surface area contributed by atoms with Crippen LogP contribution in [0.2, 0.25) is 5.02 Å². The van der Waals surface area contributed by atoms with Gasteiger partial charge in [-0.25, -0.2) is 4.68 Å². The molecule has 8 heteroatoms. The van der Waals surface area contributed by atoms with Crippen LogP contribution >= 0.6 is 11.6 Å². The lowest BCUT2D eigenvalue weighted by Crippen LogP contribution is -2.29. The number of rotatable bonds is 6. The first-order valence-corrected chi connectivity index (χ1v) is 11.7. The lowest BCUT2D eigenvalue weighted by atomic mass is 9.75. The highest BCUT2D eigenvalue weighted by molar-refractivity contribution is 6.30. The maximum Gasteiger partial charge on any atom is 0.309 e. The molecule has 0 N–H and O–H groups in total. The van der Waals surface area contributed by atoms with Crippen LogP contribution in [0.25, 0.3) is 5.69 Å². The zero-order valence-electron chi connectivity index (χ0n) is 19.8. The van der Waals surface area contributed by atoms with Crippen LogP contribution in [-0.4, -0.2) is 26.9 Å². The summed E-state index contributed by atoms with van der Waals surface area (Å²) >= 11 is 5.93. The molecule has 1 aliphatic carbocycles. The molecular weight excluding hydrogens is 454 g/mol. The van der Waals surface area contributed by atoms with Gasteiger partial charge in [-0.1, -0.05) is 23.7 Å². The molecule has 34 heavy (non-hydrogen) atoms. The van der Waals surface area contributed by atoms with E-state index in [1.54, 1.807) is 23.0 Å². The van der Waals surface area contributed by atoms with Crippen molar-refractivity contribution >= 4 is 23.5 Å². The number of esters is 2. The van der Waals surface area contributed by atoms with E-state index in [0.717, 1.165) is 36.1 Å². The summed E-state index contributed by atoms with van der Waals surface area (Å²) in [7, 11) is 0. The van der Waals surface area contributed by atoms with Gasteiger partial charge in [0.1, 0.15) is 18.1 Å². The summed E-state index contributed by atoms with van der Waals surface area (Å²) in [5, 5.41) is 8.85. The van der Waals surface area contributed by atoms with Gasteiger partial charge in [0.15, 0.2) is 0 Å². The second-order valence-corrected chi connectivity index (χ2v) is 9.33. The van der Waals surface area contributed by atoms with Gasteiger partial charge in [-0.3, -0.25) is 9.59 Å². The van der Waals surface area contributed by atoms with Crippen molar-refractivity contribution in [3.05, 3.63) is 69.5 Å². The average molecular weight is 482 g/mol. The van der Waals surface area contributed by atoms with Gasteiger partial charge < -0.3 is 9.47 Å². The Bertz CT molecular complexity index is 1220. The molecule has 0 saturated carbocycles. The molecule has 0 unspecified atom stereocenters. The lowest BCUT2D eigenvalue weighted by molar-refractivity contribution is -0.151. The molecule has 4 rings (SSSR count). The number of nitrogens with zero attached hydrogens (tertiary/aromatic N) is 3. The van der Waals surface area contributed by atoms with Gasteiger partial charge in [-0.05, 0) is 91.6 Å². The topological polar surface area (TPSA) is 83.3 Å². The Hall–Kier alpha value is -3.19. The first-order chi connectivity index (χ1) is 16.2. The third-order valence-electron chi connectivity index (χ3n) is 6.57. The average Bonchev–Trinajstić information content (AvgIpc) is 3.29. The number of benzene rings is 2. The number of aromatic nitrogens is 3. The van der Waals surface area contributed by atoms with E-state index in [2.05, 4.69) is 10.3 Å². The number of fused-ring (bicyclic) bond motifs is 1. The van der Waals surface area contributed by atoms with Crippen LogP contribution in [0, 0.1) is 25.7 Å². The minimum absolute atomic E-state index is 0.0643. The van der Waals surface area contributed by atoms with Crippen molar-refractivity contribution in [2.75, 3.05) is 0 Å². The van der Waals surface area contributed by atoms with E-state index in [4.69, 9.17) is 21.1 Å². The van der Waals surface area contributed by atoms with Crippen molar-refractivity contribution < 1.29 is 19.1 Å². The van der Waals surface area contributed by atoms with E-state index < -0.39 is 0 Å². The molecule has 1 aromatic heterocycles. The standard InChI is InChI=1S/C26H28ClN3O4/c1-15-11-25(34-18(4)31)17(3)24-12-19(5-10-23(15)24)16(2)26(32)33-14-21-13-30(29-28-21)22-8-6-20(27)7-9-22/h6-9,11,13,16,19H,5,10,12,14H2,1-4H3/t16-,19-/m1/s1. The predicted octanol–water partition coefficient (Wildman–Crippen LogP) is 4.95. The van der Waals surface area contributed by atoms with Crippen LogP contribution in [-0.2, 0) is 33.8 Å². The van der Waals surface area contributed by atoms with E-state index in [1.165, 1.54) is 18.1 Å². The first-order valence-electron chi connectivity index (χ1n) is 11.4. The van der Waals surface area contributed by atoms with Gasteiger partial charge in [0.05, 0.1) is 17.8 Å². The second-order valence-electron chi connectivity index (χ2n) is 8.90. The predicted molar refractivity (Wildman–Crippen MR) is 128 cm³/mol. The number of carbonyl (C=O) groups is 2. The summed E-state index contributed by atoms with van der Waals surface area (Å²) in [4.78, 5) is 24.3. The maximum absolute atomic E-state index is 12.8. The second kappa shape index (κ2) is 9.97. The molecule has 0 aliphatic heterocycles. The van der Waals surface area contributed by atoms with Gasteiger partial charge in [-0.2, -0.15) is 0 Å². The summed E-state index contributed by atoms with van der Waals surface area (Å²) in [6, 6.07) is 9.17. The number of hydrogen-bond donors (Lipinski definition) is 0. The number of hydrogen-bond acceptors (Lipinski definition) is 6. The maximum atomic E-state index is 12.8. The minimum atomic E-state index is -0.334. The molecule has 0 fully saturated rings. The SMILES string of the molecule is CC(=O)Oc1cc(C)c2c(c1C)C[C@H]([C@@H](C)C(=O)OCc1cn(-c3ccc(Cl)cc3)nn1)CC2. The van der Waals surface area contributed by atoms with E-state index in [0.29, 0.717) is 16.5 Å². The van der Waals surface area contributed by atoms with Crippen LogP contribution in [0.4, 0.5) is 0 Å². The van der Waals surface area contributed by atoms with Gasteiger partial charge in [-0.15, -0.1) is 5.10 Å². The quantitative estimate of drug-likeness (QED) is 0.366. The summed E-state index contributed by atoms with van der Waals surface area (Å²) in [6.45, 7) is 7.41. The van der Waals surface area contributed by atoms with Crippen LogP contribution in [0.15, 0.2) is 36.5 Å². The molecule has 0 saturated heterocycles. The third kappa shape index (κ3) is 5.14. The Kier molecular flexibility index (Phi) is 7.03. The molecule has 3 aromatic rings. The highest BCUT2D eigenvalue weighted by Gasteiger charge is 2.31. The van der Waals surface area contributed by atoms with Gasteiger partial charge >= 0.3 is 11.9 Å². The van der Waals surface area contributed by atoms with Gasteiger partial charge in [0.2, 0.25) is 0 Å². The largest absolute Gasteiger partial charge is 0.459 e. The van der Waals surface area contributed by atoms with E-state index in [1.807, 2.05) is 39.0 Å². The monoisotopic (exact) mass is 481 g/mol. The Morgan fingerprint density at radius 1 is 1.21 bits per heavy atom. The minimum Gasteiger partial charge on any atom is -0.459 e. The molecule has 2 aromatic carbocycles. The van der Waals surface area contributed by atoms with Crippen LogP contribution in [0.3, 0.4) is 0 Å². The number of halogens is 1. The smallest absolute Gasteiger partial charge is 0.309 e. The summed E-state index contributed by atoms with van der Waals surface area (Å²) in [5.41, 5.74) is 5.96. The van der Waals surface area contributed by atoms with E-state index in [9.17, 15) is 9.59 Å². The summed E-state index contributed by atoms with van der Waals surface area (Å²) in [5.74, 6) is -0.102. The van der Waals surface area contributed by atoms with Crippen molar-refractivity contribution in [1.29, 1.82) is 0 Å². The molecule has 0 bridgehead atoms.